The molecule has 25 heavy (non-hydrogen) atoms. The van der Waals surface area contributed by atoms with Gasteiger partial charge in [-0.25, -0.2) is 0 Å². The van der Waals surface area contributed by atoms with Gasteiger partial charge in [0.25, 0.3) is 5.91 Å². The van der Waals surface area contributed by atoms with Gasteiger partial charge in [0.05, 0.1) is 6.10 Å². The number of amides is 2. The summed E-state index contributed by atoms with van der Waals surface area (Å²) in [5.41, 5.74) is 1.64. The Hall–Kier alpha value is -2.04. The minimum absolute atomic E-state index is 0.0233. The van der Waals surface area contributed by atoms with Crippen molar-refractivity contribution in [3.8, 4) is 5.75 Å². The summed E-state index contributed by atoms with van der Waals surface area (Å²) in [6.07, 6.45) is 0.682. The molecule has 1 aromatic carbocycles. The molecule has 138 valence electrons. The van der Waals surface area contributed by atoms with Gasteiger partial charge in [0.15, 0.2) is 0 Å². The molecule has 1 aliphatic rings. The number of rotatable bonds is 5. The Kier molecular flexibility index (Phi) is 6.45. The zero-order valence-electron chi connectivity index (χ0n) is 16.0. The summed E-state index contributed by atoms with van der Waals surface area (Å²) < 4.78 is 5.73. The number of nitrogens with zero attached hydrogens (tertiary/aromatic N) is 2. The predicted octanol–water partition coefficient (Wildman–Crippen LogP) is 3.11. The molecule has 1 aromatic rings. The van der Waals surface area contributed by atoms with Crippen LogP contribution in [0.2, 0.25) is 0 Å². The summed E-state index contributed by atoms with van der Waals surface area (Å²) in [7, 11) is 0. The Morgan fingerprint density at radius 3 is 2.16 bits per heavy atom. The minimum atomic E-state index is 0.0233. The Bertz CT molecular complexity index is 617. The summed E-state index contributed by atoms with van der Waals surface area (Å²) in [6, 6.07) is 5.57. The van der Waals surface area contributed by atoms with E-state index in [-0.39, 0.29) is 17.9 Å². The summed E-state index contributed by atoms with van der Waals surface area (Å²) in [5.74, 6) is 1.39. The molecule has 0 saturated carbocycles. The van der Waals surface area contributed by atoms with Gasteiger partial charge in [0, 0.05) is 38.2 Å². The standard InChI is InChI=1S/C20H30N2O3/c1-14(2)12-19(23)21-8-10-22(11-9-21)20(24)17-6-7-18(16(5)13-17)25-15(3)4/h6-7,13-15H,8-12H2,1-5H3. The van der Waals surface area contributed by atoms with Crippen molar-refractivity contribution in [2.45, 2.75) is 47.1 Å². The fraction of sp³-hybridized carbons (Fsp3) is 0.600. The number of ether oxygens (including phenoxy) is 1. The molecule has 1 aliphatic heterocycles. The minimum Gasteiger partial charge on any atom is -0.491 e. The molecular formula is C20H30N2O3. The van der Waals surface area contributed by atoms with Crippen LogP contribution < -0.4 is 4.74 Å². The molecule has 2 amide bonds. The largest absolute Gasteiger partial charge is 0.491 e. The van der Waals surface area contributed by atoms with Crippen molar-refractivity contribution < 1.29 is 14.3 Å². The van der Waals surface area contributed by atoms with E-state index in [1.165, 1.54) is 0 Å². The lowest BCUT2D eigenvalue weighted by Crippen LogP contribution is -2.50. The van der Waals surface area contributed by atoms with E-state index in [2.05, 4.69) is 0 Å². The van der Waals surface area contributed by atoms with E-state index in [1.54, 1.807) is 0 Å². The number of aryl methyl sites for hydroxylation is 1. The topological polar surface area (TPSA) is 49.9 Å². The number of carbonyl (C=O) groups excluding carboxylic acids is 2. The van der Waals surface area contributed by atoms with Crippen LogP contribution in [0.15, 0.2) is 18.2 Å². The summed E-state index contributed by atoms with van der Waals surface area (Å²) in [4.78, 5) is 28.6. The number of benzene rings is 1. The third-order valence-corrected chi connectivity index (χ3v) is 4.29. The third-order valence-electron chi connectivity index (χ3n) is 4.29. The molecular weight excluding hydrogens is 316 g/mol. The first-order chi connectivity index (χ1) is 11.8. The second-order valence-electron chi connectivity index (χ2n) is 7.42. The first-order valence-corrected chi connectivity index (χ1v) is 9.12. The molecule has 0 bridgehead atoms. The lowest BCUT2D eigenvalue weighted by molar-refractivity contribution is -0.133. The van der Waals surface area contributed by atoms with Crippen LogP contribution in [0.25, 0.3) is 0 Å². The van der Waals surface area contributed by atoms with Crippen molar-refractivity contribution in [3.05, 3.63) is 29.3 Å². The molecule has 5 heteroatoms. The van der Waals surface area contributed by atoms with Crippen molar-refractivity contribution >= 4 is 11.8 Å². The molecule has 5 nitrogen and oxygen atoms in total. The van der Waals surface area contributed by atoms with Gasteiger partial charge in [-0.1, -0.05) is 13.8 Å². The van der Waals surface area contributed by atoms with Crippen molar-refractivity contribution in [1.29, 1.82) is 0 Å². The Balaban J connectivity index is 1.96. The summed E-state index contributed by atoms with van der Waals surface area (Å²) in [5, 5.41) is 0. The zero-order valence-corrected chi connectivity index (χ0v) is 16.0. The molecule has 0 aromatic heterocycles. The normalized spacial score (nSPS) is 15.0. The van der Waals surface area contributed by atoms with Gasteiger partial charge in [-0.2, -0.15) is 0 Å². The van der Waals surface area contributed by atoms with Crippen LogP contribution in [0.4, 0.5) is 0 Å². The Morgan fingerprint density at radius 1 is 1.04 bits per heavy atom. The molecule has 0 atom stereocenters. The van der Waals surface area contributed by atoms with E-state index in [0.29, 0.717) is 44.1 Å². The maximum atomic E-state index is 12.7. The Labute approximate surface area is 150 Å². The number of hydrogen-bond donors (Lipinski definition) is 0. The van der Waals surface area contributed by atoms with Gasteiger partial charge in [-0.05, 0) is 50.5 Å². The molecule has 1 heterocycles. The first kappa shape index (κ1) is 19.3. The average molecular weight is 346 g/mol. The number of carbonyl (C=O) groups is 2. The smallest absolute Gasteiger partial charge is 0.253 e. The van der Waals surface area contributed by atoms with E-state index in [9.17, 15) is 9.59 Å². The summed E-state index contributed by atoms with van der Waals surface area (Å²) in [6.45, 7) is 12.4. The van der Waals surface area contributed by atoms with Crippen molar-refractivity contribution in [3.63, 3.8) is 0 Å². The van der Waals surface area contributed by atoms with E-state index in [4.69, 9.17) is 4.74 Å². The number of hydrogen-bond acceptors (Lipinski definition) is 3. The third kappa shape index (κ3) is 5.21. The van der Waals surface area contributed by atoms with Crippen LogP contribution in [0.5, 0.6) is 5.75 Å². The highest BCUT2D eigenvalue weighted by Gasteiger charge is 2.25. The molecule has 1 fully saturated rings. The van der Waals surface area contributed by atoms with Gasteiger partial charge in [-0.3, -0.25) is 9.59 Å². The summed E-state index contributed by atoms with van der Waals surface area (Å²) >= 11 is 0. The first-order valence-electron chi connectivity index (χ1n) is 9.12. The van der Waals surface area contributed by atoms with Crippen LogP contribution in [0.3, 0.4) is 0 Å². The van der Waals surface area contributed by atoms with Gasteiger partial charge in [0.2, 0.25) is 5.91 Å². The highest BCUT2D eigenvalue weighted by molar-refractivity contribution is 5.94. The maximum Gasteiger partial charge on any atom is 0.253 e. The van der Waals surface area contributed by atoms with Gasteiger partial charge >= 0.3 is 0 Å². The predicted molar refractivity (Wildman–Crippen MR) is 98.9 cm³/mol. The highest BCUT2D eigenvalue weighted by Crippen LogP contribution is 2.21. The zero-order chi connectivity index (χ0) is 18.6. The SMILES string of the molecule is Cc1cc(C(=O)N2CCN(C(=O)CC(C)C)CC2)ccc1OC(C)C. The van der Waals surface area contributed by atoms with Gasteiger partial charge < -0.3 is 14.5 Å². The second kappa shape index (κ2) is 8.37. The lowest BCUT2D eigenvalue weighted by Gasteiger charge is -2.35. The van der Waals surface area contributed by atoms with Crippen LogP contribution in [0.1, 0.15) is 50.0 Å². The van der Waals surface area contributed by atoms with Crippen LogP contribution in [-0.2, 0) is 4.79 Å². The second-order valence-corrected chi connectivity index (χ2v) is 7.42. The van der Waals surface area contributed by atoms with Crippen LogP contribution >= 0.6 is 0 Å². The average Bonchev–Trinajstić information content (AvgIpc) is 2.55. The van der Waals surface area contributed by atoms with Crippen molar-refractivity contribution in [1.82, 2.24) is 9.80 Å². The van der Waals surface area contributed by atoms with E-state index in [0.717, 1.165) is 11.3 Å². The Morgan fingerprint density at radius 2 is 1.64 bits per heavy atom. The van der Waals surface area contributed by atoms with Crippen molar-refractivity contribution in [2.24, 2.45) is 5.92 Å². The van der Waals surface area contributed by atoms with Gasteiger partial charge in [0.1, 0.15) is 5.75 Å². The van der Waals surface area contributed by atoms with Crippen molar-refractivity contribution in [2.75, 3.05) is 26.2 Å². The number of piperazine rings is 1. The fourth-order valence-electron chi connectivity index (χ4n) is 2.99. The fourth-order valence-corrected chi connectivity index (χ4v) is 2.99. The molecule has 0 unspecified atom stereocenters. The molecule has 0 N–H and O–H groups in total. The lowest BCUT2D eigenvalue weighted by atomic mass is 10.1. The van der Waals surface area contributed by atoms with Crippen LogP contribution in [-0.4, -0.2) is 53.9 Å². The molecule has 2 rings (SSSR count). The molecule has 0 spiro atoms. The van der Waals surface area contributed by atoms with Gasteiger partial charge in [-0.15, -0.1) is 0 Å². The molecule has 1 saturated heterocycles. The van der Waals surface area contributed by atoms with Crippen LogP contribution in [0, 0.1) is 12.8 Å². The van der Waals surface area contributed by atoms with E-state index < -0.39 is 0 Å². The van der Waals surface area contributed by atoms with E-state index in [1.807, 2.05) is 62.6 Å². The van der Waals surface area contributed by atoms with E-state index >= 15 is 0 Å². The monoisotopic (exact) mass is 346 g/mol. The molecule has 0 aliphatic carbocycles. The maximum absolute atomic E-state index is 12.7. The quantitative estimate of drug-likeness (QED) is 0.823. The highest BCUT2D eigenvalue weighted by atomic mass is 16.5. The molecule has 0 radical (unpaired) electrons.